The minimum atomic E-state index is -4.57. The van der Waals surface area contributed by atoms with Crippen molar-refractivity contribution in [1.29, 1.82) is 0 Å². The largest absolute Gasteiger partial charge is 0.418 e. The molecule has 0 radical (unpaired) electrons. The van der Waals surface area contributed by atoms with E-state index in [1.54, 1.807) is 0 Å². The lowest BCUT2D eigenvalue weighted by Gasteiger charge is -2.40. The molecule has 6 heteroatoms. The third kappa shape index (κ3) is 3.85. The van der Waals surface area contributed by atoms with Crippen LogP contribution in [0, 0.1) is 11.3 Å². The van der Waals surface area contributed by atoms with Crippen LogP contribution in [0.1, 0.15) is 56.1 Å². The molecule has 1 aromatic heterocycles. The van der Waals surface area contributed by atoms with Crippen LogP contribution < -0.4 is 0 Å². The van der Waals surface area contributed by atoms with Crippen LogP contribution in [-0.2, 0) is 6.18 Å². The first-order valence-electron chi connectivity index (χ1n) is 7.98. The molecule has 0 atom stereocenters. The molecule has 1 saturated heterocycles. The molecule has 23 heavy (non-hydrogen) atoms. The predicted octanol–water partition coefficient (Wildman–Crippen LogP) is 4.39. The van der Waals surface area contributed by atoms with Crippen molar-refractivity contribution in [1.82, 2.24) is 9.88 Å². The predicted molar refractivity (Wildman–Crippen MR) is 81.9 cm³/mol. The lowest BCUT2D eigenvalue weighted by atomic mass is 9.72. The second kappa shape index (κ2) is 6.49. The quantitative estimate of drug-likeness (QED) is 0.824. The normalized spacial score (nSPS) is 17.4. The summed E-state index contributed by atoms with van der Waals surface area (Å²) < 4.78 is 39.1. The van der Waals surface area contributed by atoms with Crippen LogP contribution in [0.5, 0.6) is 0 Å². The summed E-state index contributed by atoms with van der Waals surface area (Å²) in [4.78, 5) is 17.6. The number of nitrogens with zero attached hydrogens (tertiary/aromatic N) is 2. The Hall–Kier alpha value is -1.59. The first kappa shape index (κ1) is 17.8. The van der Waals surface area contributed by atoms with Gasteiger partial charge in [-0.05, 0) is 36.3 Å². The zero-order chi connectivity index (χ0) is 17.3. The van der Waals surface area contributed by atoms with Crippen molar-refractivity contribution in [2.45, 2.75) is 46.2 Å². The van der Waals surface area contributed by atoms with Gasteiger partial charge in [-0.25, -0.2) is 0 Å². The van der Waals surface area contributed by atoms with Crippen LogP contribution in [0.25, 0.3) is 0 Å². The number of aromatic nitrogens is 1. The Kier molecular flexibility index (Phi) is 5.01. The highest BCUT2D eigenvalue weighted by atomic mass is 19.4. The Morgan fingerprint density at radius 3 is 2.43 bits per heavy atom. The molecule has 1 fully saturated rings. The van der Waals surface area contributed by atoms with Crippen molar-refractivity contribution < 1.29 is 18.0 Å². The van der Waals surface area contributed by atoms with Crippen LogP contribution >= 0.6 is 0 Å². The molecule has 2 rings (SSSR count). The van der Waals surface area contributed by atoms with Crippen LogP contribution in [0.3, 0.4) is 0 Å². The number of pyridine rings is 1. The Labute approximate surface area is 134 Å². The summed E-state index contributed by atoms with van der Waals surface area (Å²) >= 11 is 0. The number of rotatable bonds is 3. The van der Waals surface area contributed by atoms with E-state index in [1.165, 1.54) is 17.2 Å². The summed E-state index contributed by atoms with van der Waals surface area (Å²) in [6.45, 7) is 7.52. The summed E-state index contributed by atoms with van der Waals surface area (Å²) in [6, 6.07) is 2.11. The monoisotopic (exact) mass is 328 g/mol. The minimum Gasteiger partial charge on any atom is -0.337 e. The van der Waals surface area contributed by atoms with E-state index in [9.17, 15) is 18.0 Å². The molecule has 2 heterocycles. The number of hydrogen-bond donors (Lipinski definition) is 0. The Bertz CT molecular complexity index is 561. The fraction of sp³-hybridized carbons (Fsp3) is 0.647. The molecule has 0 unspecified atom stereocenters. The van der Waals surface area contributed by atoms with Gasteiger partial charge in [0.15, 0.2) is 0 Å². The number of halogens is 3. The first-order chi connectivity index (χ1) is 10.7. The SMILES string of the molecule is CCC(C)(C)C1CCN(C(=O)c2ncccc2C(F)(F)F)CC1. The number of carbonyl (C=O) groups is 1. The number of alkyl halides is 3. The van der Waals surface area contributed by atoms with Crippen molar-refractivity contribution in [3.8, 4) is 0 Å². The highest BCUT2D eigenvalue weighted by Crippen LogP contribution is 2.38. The van der Waals surface area contributed by atoms with Gasteiger partial charge in [-0.1, -0.05) is 27.2 Å². The molecular weight excluding hydrogens is 305 g/mol. The van der Waals surface area contributed by atoms with E-state index in [0.29, 0.717) is 19.0 Å². The molecular formula is C17H23F3N2O. The maximum absolute atomic E-state index is 13.0. The molecule has 3 nitrogen and oxygen atoms in total. The van der Waals surface area contributed by atoms with Gasteiger partial charge in [-0.2, -0.15) is 13.2 Å². The van der Waals surface area contributed by atoms with Gasteiger partial charge in [0.1, 0.15) is 5.69 Å². The molecule has 0 bridgehead atoms. The van der Waals surface area contributed by atoms with Gasteiger partial charge >= 0.3 is 6.18 Å². The average molecular weight is 328 g/mol. The lowest BCUT2D eigenvalue weighted by molar-refractivity contribution is -0.138. The molecule has 128 valence electrons. The van der Waals surface area contributed by atoms with E-state index >= 15 is 0 Å². The fourth-order valence-corrected chi connectivity index (χ4v) is 3.11. The summed E-state index contributed by atoms with van der Waals surface area (Å²) in [5.74, 6) is -0.131. The van der Waals surface area contributed by atoms with Gasteiger partial charge < -0.3 is 4.90 Å². The van der Waals surface area contributed by atoms with Crippen molar-refractivity contribution in [2.24, 2.45) is 11.3 Å². The maximum Gasteiger partial charge on any atom is 0.418 e. The summed E-state index contributed by atoms with van der Waals surface area (Å²) in [7, 11) is 0. The Morgan fingerprint density at radius 2 is 1.91 bits per heavy atom. The molecule has 0 aliphatic carbocycles. The Balaban J connectivity index is 2.13. The topological polar surface area (TPSA) is 33.2 Å². The molecule has 0 saturated carbocycles. The van der Waals surface area contributed by atoms with E-state index in [0.717, 1.165) is 25.3 Å². The van der Waals surface area contributed by atoms with E-state index in [1.807, 2.05) is 0 Å². The molecule has 1 aliphatic heterocycles. The summed E-state index contributed by atoms with van der Waals surface area (Å²) in [5.41, 5.74) is -1.26. The van der Waals surface area contributed by atoms with Gasteiger partial charge in [0.2, 0.25) is 0 Å². The van der Waals surface area contributed by atoms with Crippen molar-refractivity contribution in [3.63, 3.8) is 0 Å². The maximum atomic E-state index is 13.0. The zero-order valence-electron chi connectivity index (χ0n) is 13.8. The van der Waals surface area contributed by atoms with E-state index in [2.05, 4.69) is 25.8 Å². The van der Waals surface area contributed by atoms with Gasteiger partial charge in [0.25, 0.3) is 5.91 Å². The van der Waals surface area contributed by atoms with Crippen molar-refractivity contribution in [2.75, 3.05) is 13.1 Å². The first-order valence-corrected chi connectivity index (χ1v) is 7.98. The highest BCUT2D eigenvalue weighted by Gasteiger charge is 2.38. The van der Waals surface area contributed by atoms with Crippen molar-refractivity contribution in [3.05, 3.63) is 29.6 Å². The van der Waals surface area contributed by atoms with E-state index in [4.69, 9.17) is 0 Å². The third-order valence-electron chi connectivity index (χ3n) is 5.11. The van der Waals surface area contributed by atoms with Gasteiger partial charge in [-0.3, -0.25) is 9.78 Å². The van der Waals surface area contributed by atoms with Gasteiger partial charge in [0.05, 0.1) is 5.56 Å². The highest BCUT2D eigenvalue weighted by molar-refractivity contribution is 5.94. The molecule has 1 aromatic rings. The van der Waals surface area contributed by atoms with Crippen LogP contribution in [0.4, 0.5) is 13.2 Å². The smallest absolute Gasteiger partial charge is 0.337 e. The average Bonchev–Trinajstić information content (AvgIpc) is 2.53. The molecule has 0 spiro atoms. The van der Waals surface area contributed by atoms with Gasteiger partial charge in [-0.15, -0.1) is 0 Å². The van der Waals surface area contributed by atoms with Crippen molar-refractivity contribution >= 4 is 5.91 Å². The number of hydrogen-bond acceptors (Lipinski definition) is 2. The fourth-order valence-electron chi connectivity index (χ4n) is 3.11. The molecule has 0 aromatic carbocycles. The summed E-state index contributed by atoms with van der Waals surface area (Å²) in [6.07, 6.45) is -0.650. The number of carbonyl (C=O) groups excluding carboxylic acids is 1. The van der Waals surface area contributed by atoms with E-state index < -0.39 is 23.3 Å². The number of amides is 1. The van der Waals surface area contributed by atoms with Gasteiger partial charge in [0, 0.05) is 19.3 Å². The van der Waals surface area contributed by atoms with Crippen LogP contribution in [0.15, 0.2) is 18.3 Å². The van der Waals surface area contributed by atoms with Crippen LogP contribution in [0.2, 0.25) is 0 Å². The molecule has 1 amide bonds. The molecule has 0 N–H and O–H groups in total. The third-order valence-corrected chi connectivity index (χ3v) is 5.11. The number of piperidine rings is 1. The van der Waals surface area contributed by atoms with Crippen LogP contribution in [-0.4, -0.2) is 28.9 Å². The summed E-state index contributed by atoms with van der Waals surface area (Å²) in [5, 5.41) is 0. The second-order valence-corrected chi connectivity index (χ2v) is 6.81. The number of likely N-dealkylation sites (tertiary alicyclic amines) is 1. The second-order valence-electron chi connectivity index (χ2n) is 6.81. The standard InChI is InChI=1S/C17H23F3N2O/c1-4-16(2,3)12-7-10-22(11-8-12)15(23)14-13(17(18,19)20)6-5-9-21-14/h5-6,9,12H,4,7-8,10-11H2,1-3H3. The zero-order valence-corrected chi connectivity index (χ0v) is 13.8. The Morgan fingerprint density at radius 1 is 1.30 bits per heavy atom. The van der Waals surface area contributed by atoms with E-state index in [-0.39, 0.29) is 5.41 Å². The molecule has 1 aliphatic rings. The lowest BCUT2D eigenvalue weighted by Crippen LogP contribution is -2.42. The minimum absolute atomic E-state index is 0.192.